The molecule has 0 radical (unpaired) electrons. The van der Waals surface area contributed by atoms with Crippen LogP contribution in [0.3, 0.4) is 0 Å². The van der Waals surface area contributed by atoms with Crippen LogP contribution >= 0.6 is 11.3 Å². The number of aryl methyl sites for hydroxylation is 1. The highest BCUT2D eigenvalue weighted by molar-refractivity contribution is 7.15. The largest absolute Gasteiger partial charge is 0.465 e. The molecule has 1 aliphatic carbocycles. The van der Waals surface area contributed by atoms with Crippen LogP contribution in [0.1, 0.15) is 47.6 Å². The van der Waals surface area contributed by atoms with Crippen LogP contribution in [-0.4, -0.2) is 18.1 Å². The molecule has 0 unspecified atom stereocenters. The van der Waals surface area contributed by atoms with Gasteiger partial charge in [-0.2, -0.15) is 0 Å². The van der Waals surface area contributed by atoms with Crippen LogP contribution in [0.15, 0.2) is 24.3 Å². The number of benzene rings is 1. The number of ether oxygens (including phenoxy) is 1. The van der Waals surface area contributed by atoms with Crippen LogP contribution in [-0.2, 0) is 16.6 Å². The molecule has 1 aliphatic rings. The van der Waals surface area contributed by atoms with E-state index < -0.39 is 0 Å². The van der Waals surface area contributed by atoms with Crippen molar-refractivity contribution in [1.82, 2.24) is 4.98 Å². The molecule has 3 rings (SSSR count). The fourth-order valence-electron chi connectivity index (χ4n) is 2.88. The van der Waals surface area contributed by atoms with Gasteiger partial charge >= 0.3 is 5.97 Å². The highest BCUT2D eigenvalue weighted by atomic mass is 32.1. The Hall–Kier alpha value is -1.68. The van der Waals surface area contributed by atoms with Gasteiger partial charge in [0.1, 0.15) is 5.01 Å². The van der Waals surface area contributed by atoms with Crippen molar-refractivity contribution in [3.8, 4) is 10.6 Å². The van der Waals surface area contributed by atoms with E-state index in [0.717, 1.165) is 17.0 Å². The average Bonchev–Trinajstić information content (AvgIpc) is 2.92. The lowest BCUT2D eigenvalue weighted by molar-refractivity contribution is 0.0601. The molecule has 2 aromatic rings. The Labute approximate surface area is 129 Å². The van der Waals surface area contributed by atoms with E-state index in [1.54, 1.807) is 17.4 Å². The molecule has 0 saturated heterocycles. The molecule has 0 aliphatic heterocycles. The van der Waals surface area contributed by atoms with Gasteiger partial charge in [0.2, 0.25) is 0 Å². The number of carbonyl (C=O) groups excluding carboxylic acids is 1. The lowest BCUT2D eigenvalue weighted by Crippen LogP contribution is -2.23. The van der Waals surface area contributed by atoms with E-state index in [1.807, 2.05) is 18.2 Å². The Morgan fingerprint density at radius 3 is 2.90 bits per heavy atom. The van der Waals surface area contributed by atoms with Crippen LogP contribution < -0.4 is 0 Å². The molecule has 0 N–H and O–H groups in total. The molecule has 0 bridgehead atoms. The van der Waals surface area contributed by atoms with E-state index in [1.165, 1.54) is 30.5 Å². The second kappa shape index (κ2) is 5.26. The van der Waals surface area contributed by atoms with E-state index in [2.05, 4.69) is 13.8 Å². The number of hydrogen-bond acceptors (Lipinski definition) is 4. The summed E-state index contributed by atoms with van der Waals surface area (Å²) in [6.07, 6.45) is 3.53. The number of esters is 1. The molecule has 1 aromatic heterocycles. The Kier molecular flexibility index (Phi) is 3.57. The topological polar surface area (TPSA) is 39.2 Å². The summed E-state index contributed by atoms with van der Waals surface area (Å²) >= 11 is 1.76. The molecule has 1 heterocycles. The zero-order valence-electron chi connectivity index (χ0n) is 12.6. The first-order valence-corrected chi connectivity index (χ1v) is 8.02. The van der Waals surface area contributed by atoms with Gasteiger partial charge in [-0.3, -0.25) is 0 Å². The van der Waals surface area contributed by atoms with Crippen molar-refractivity contribution in [1.29, 1.82) is 0 Å². The van der Waals surface area contributed by atoms with Crippen molar-refractivity contribution in [3.63, 3.8) is 0 Å². The first-order chi connectivity index (χ1) is 10.0. The predicted molar refractivity (Wildman–Crippen MR) is 84.9 cm³/mol. The highest BCUT2D eigenvalue weighted by Gasteiger charge is 2.31. The van der Waals surface area contributed by atoms with Gasteiger partial charge in [-0.05, 0) is 31.4 Å². The fourth-order valence-corrected chi connectivity index (χ4v) is 4.16. The van der Waals surface area contributed by atoms with Gasteiger partial charge in [0.15, 0.2) is 0 Å². The van der Waals surface area contributed by atoms with E-state index in [9.17, 15) is 4.79 Å². The zero-order chi connectivity index (χ0) is 15.0. The molecular weight excluding hydrogens is 282 g/mol. The summed E-state index contributed by atoms with van der Waals surface area (Å²) in [4.78, 5) is 17.9. The number of nitrogens with zero attached hydrogens (tertiary/aromatic N) is 1. The number of aromatic nitrogens is 1. The maximum atomic E-state index is 11.7. The van der Waals surface area contributed by atoms with Crippen molar-refractivity contribution < 1.29 is 9.53 Å². The summed E-state index contributed by atoms with van der Waals surface area (Å²) in [5.74, 6) is -0.307. The Morgan fingerprint density at radius 2 is 2.19 bits per heavy atom. The van der Waals surface area contributed by atoms with Gasteiger partial charge in [-0.1, -0.05) is 26.0 Å². The van der Waals surface area contributed by atoms with Crippen molar-refractivity contribution in [2.24, 2.45) is 0 Å². The standard InChI is InChI=1S/C17H19NO2S/c1-17(2)9-5-8-13-14(17)18-15(21-13)11-6-4-7-12(10-11)16(19)20-3/h4,6-7,10H,5,8-9H2,1-3H3. The van der Waals surface area contributed by atoms with Gasteiger partial charge in [0.05, 0.1) is 18.4 Å². The Balaban J connectivity index is 2.02. The van der Waals surface area contributed by atoms with E-state index in [0.29, 0.717) is 5.56 Å². The summed E-state index contributed by atoms with van der Waals surface area (Å²) in [5.41, 5.74) is 2.95. The number of carbonyl (C=O) groups is 1. The third kappa shape index (κ3) is 2.60. The lowest BCUT2D eigenvalue weighted by atomic mass is 9.79. The second-order valence-corrected chi connectivity index (χ2v) is 7.18. The Morgan fingerprint density at radius 1 is 1.38 bits per heavy atom. The number of methoxy groups -OCH3 is 1. The second-order valence-electron chi connectivity index (χ2n) is 6.10. The lowest BCUT2D eigenvalue weighted by Gasteiger charge is -2.28. The molecule has 0 fully saturated rings. The summed E-state index contributed by atoms with van der Waals surface area (Å²) in [6, 6.07) is 7.52. The summed E-state index contributed by atoms with van der Waals surface area (Å²) in [5, 5.41) is 1.00. The van der Waals surface area contributed by atoms with Crippen molar-refractivity contribution >= 4 is 17.3 Å². The molecule has 0 atom stereocenters. The molecule has 0 amide bonds. The van der Waals surface area contributed by atoms with Crippen molar-refractivity contribution in [3.05, 3.63) is 40.4 Å². The Bertz CT molecular complexity index is 688. The minimum atomic E-state index is -0.307. The number of hydrogen-bond donors (Lipinski definition) is 0. The third-order valence-corrected chi connectivity index (χ3v) is 5.24. The van der Waals surface area contributed by atoms with Crippen molar-refractivity contribution in [2.45, 2.75) is 38.5 Å². The molecule has 110 valence electrons. The molecule has 3 nitrogen and oxygen atoms in total. The van der Waals surface area contributed by atoms with Crippen LogP contribution in [0.4, 0.5) is 0 Å². The first-order valence-electron chi connectivity index (χ1n) is 7.20. The van der Waals surface area contributed by atoms with E-state index in [-0.39, 0.29) is 11.4 Å². The first kappa shape index (κ1) is 14.3. The number of fused-ring (bicyclic) bond motifs is 1. The minimum absolute atomic E-state index is 0.155. The van der Waals surface area contributed by atoms with E-state index in [4.69, 9.17) is 9.72 Å². The SMILES string of the molecule is COC(=O)c1cccc(-c2nc3c(s2)CCCC3(C)C)c1. The molecule has 4 heteroatoms. The quantitative estimate of drug-likeness (QED) is 0.780. The molecule has 21 heavy (non-hydrogen) atoms. The van der Waals surface area contributed by atoms with Crippen LogP contribution in [0, 0.1) is 0 Å². The minimum Gasteiger partial charge on any atom is -0.465 e. The number of thiazole rings is 1. The summed E-state index contributed by atoms with van der Waals surface area (Å²) in [7, 11) is 1.40. The van der Waals surface area contributed by atoms with Crippen LogP contribution in [0.5, 0.6) is 0 Å². The molecule has 1 aromatic carbocycles. The zero-order valence-corrected chi connectivity index (χ0v) is 13.4. The summed E-state index contributed by atoms with van der Waals surface area (Å²) in [6.45, 7) is 4.53. The monoisotopic (exact) mass is 301 g/mol. The van der Waals surface area contributed by atoms with Gasteiger partial charge in [0.25, 0.3) is 0 Å². The van der Waals surface area contributed by atoms with Crippen molar-refractivity contribution in [2.75, 3.05) is 7.11 Å². The average molecular weight is 301 g/mol. The maximum absolute atomic E-state index is 11.7. The van der Waals surface area contributed by atoms with Gasteiger partial charge in [-0.15, -0.1) is 11.3 Å². The molecule has 0 saturated carbocycles. The normalized spacial score (nSPS) is 16.3. The highest BCUT2D eigenvalue weighted by Crippen LogP contribution is 2.41. The maximum Gasteiger partial charge on any atom is 0.337 e. The smallest absolute Gasteiger partial charge is 0.337 e. The predicted octanol–water partition coefficient (Wildman–Crippen LogP) is 4.21. The van der Waals surface area contributed by atoms with E-state index >= 15 is 0 Å². The van der Waals surface area contributed by atoms with Gasteiger partial charge in [0, 0.05) is 15.9 Å². The number of rotatable bonds is 2. The molecule has 0 spiro atoms. The fraction of sp³-hybridized carbons (Fsp3) is 0.412. The van der Waals surface area contributed by atoms with Gasteiger partial charge in [-0.25, -0.2) is 9.78 Å². The summed E-state index contributed by atoms with van der Waals surface area (Å²) < 4.78 is 4.79. The van der Waals surface area contributed by atoms with Crippen LogP contribution in [0.2, 0.25) is 0 Å². The third-order valence-electron chi connectivity index (χ3n) is 4.07. The molecular formula is C17H19NO2S. The van der Waals surface area contributed by atoms with Crippen LogP contribution in [0.25, 0.3) is 10.6 Å². The van der Waals surface area contributed by atoms with Gasteiger partial charge < -0.3 is 4.74 Å².